The van der Waals surface area contributed by atoms with Crippen molar-refractivity contribution < 1.29 is 0 Å². The lowest BCUT2D eigenvalue weighted by Crippen LogP contribution is -2.18. The van der Waals surface area contributed by atoms with Crippen molar-refractivity contribution in [3.05, 3.63) is 47.9 Å². The Labute approximate surface area is 89.5 Å². The molecule has 1 rings (SSSR count). The Morgan fingerprint density at radius 3 is 2.29 bits per heavy atom. The van der Waals surface area contributed by atoms with Crippen molar-refractivity contribution in [2.75, 3.05) is 4.90 Å². The molecule has 0 fully saturated rings. The van der Waals surface area contributed by atoms with Crippen LogP contribution in [0.3, 0.4) is 0 Å². The van der Waals surface area contributed by atoms with Crippen LogP contribution in [0, 0.1) is 0 Å². The van der Waals surface area contributed by atoms with Gasteiger partial charge in [0.1, 0.15) is 11.0 Å². The van der Waals surface area contributed by atoms with Gasteiger partial charge in [-0.1, -0.05) is 30.8 Å². The number of pyridine rings is 1. The predicted octanol–water partition coefficient (Wildman–Crippen LogP) is 3.61. The average Bonchev–Trinajstić information content (AvgIpc) is 2.02. The minimum atomic E-state index is 0.468. The molecule has 2 nitrogen and oxygen atoms in total. The largest absolute Gasteiger partial charge is 0.304 e. The lowest BCUT2D eigenvalue weighted by atomic mass is 10.3. The van der Waals surface area contributed by atoms with Crippen LogP contribution in [0.15, 0.2) is 42.8 Å². The van der Waals surface area contributed by atoms with Gasteiger partial charge in [0.15, 0.2) is 0 Å². The number of halogens is 1. The van der Waals surface area contributed by atoms with Crippen molar-refractivity contribution >= 4 is 17.4 Å². The molecule has 0 amide bonds. The zero-order valence-electron chi connectivity index (χ0n) is 8.42. The highest BCUT2D eigenvalue weighted by Gasteiger charge is 2.08. The Kier molecular flexibility index (Phi) is 3.31. The number of anilines is 1. The van der Waals surface area contributed by atoms with E-state index in [1.54, 1.807) is 6.07 Å². The zero-order valence-corrected chi connectivity index (χ0v) is 9.17. The quantitative estimate of drug-likeness (QED) is 0.706. The van der Waals surface area contributed by atoms with Crippen LogP contribution < -0.4 is 4.90 Å². The Balaban J connectivity index is 3.12. The third kappa shape index (κ3) is 2.36. The summed E-state index contributed by atoms with van der Waals surface area (Å²) in [5.74, 6) is 0.748. The predicted molar refractivity (Wildman–Crippen MR) is 61.4 cm³/mol. The Bertz CT molecular complexity index is 357. The van der Waals surface area contributed by atoms with Crippen LogP contribution in [-0.2, 0) is 0 Å². The Hall–Kier alpha value is -1.28. The summed E-state index contributed by atoms with van der Waals surface area (Å²) in [5.41, 5.74) is 1.74. The first-order valence-electron chi connectivity index (χ1n) is 4.26. The van der Waals surface area contributed by atoms with Crippen molar-refractivity contribution in [3.8, 4) is 0 Å². The lowest BCUT2D eigenvalue weighted by Gasteiger charge is -2.23. The maximum atomic E-state index is 5.80. The molecule has 0 radical (unpaired) electrons. The molecule has 0 aliphatic carbocycles. The van der Waals surface area contributed by atoms with Crippen molar-refractivity contribution in [2.45, 2.75) is 13.8 Å². The molecular weight excluding hydrogens is 196 g/mol. The van der Waals surface area contributed by atoms with Gasteiger partial charge in [-0.15, -0.1) is 0 Å². The summed E-state index contributed by atoms with van der Waals surface area (Å²) in [6, 6.07) is 5.46. The van der Waals surface area contributed by atoms with E-state index in [1.807, 2.05) is 30.9 Å². The zero-order chi connectivity index (χ0) is 10.7. The summed E-state index contributed by atoms with van der Waals surface area (Å²) >= 11 is 5.80. The van der Waals surface area contributed by atoms with Crippen molar-refractivity contribution in [1.29, 1.82) is 0 Å². The van der Waals surface area contributed by atoms with Gasteiger partial charge in [-0.25, -0.2) is 4.98 Å². The van der Waals surface area contributed by atoms with E-state index in [9.17, 15) is 0 Å². The Morgan fingerprint density at radius 1 is 1.29 bits per heavy atom. The van der Waals surface area contributed by atoms with Crippen molar-refractivity contribution in [1.82, 2.24) is 4.98 Å². The van der Waals surface area contributed by atoms with Crippen LogP contribution in [0.2, 0.25) is 5.15 Å². The van der Waals surface area contributed by atoms with Gasteiger partial charge in [-0.05, 0) is 26.0 Å². The topological polar surface area (TPSA) is 16.1 Å². The molecule has 3 heteroatoms. The number of nitrogens with zero attached hydrogens (tertiary/aromatic N) is 2. The number of rotatable bonds is 3. The highest BCUT2D eigenvalue weighted by molar-refractivity contribution is 6.29. The summed E-state index contributed by atoms with van der Waals surface area (Å²) in [4.78, 5) is 6.04. The van der Waals surface area contributed by atoms with Crippen LogP contribution in [0.25, 0.3) is 0 Å². The van der Waals surface area contributed by atoms with E-state index in [-0.39, 0.29) is 0 Å². The van der Waals surface area contributed by atoms with E-state index in [2.05, 4.69) is 18.1 Å². The van der Waals surface area contributed by atoms with Crippen LogP contribution in [0.1, 0.15) is 13.8 Å². The second-order valence-corrected chi connectivity index (χ2v) is 3.51. The van der Waals surface area contributed by atoms with E-state index in [4.69, 9.17) is 11.6 Å². The van der Waals surface area contributed by atoms with Crippen LogP contribution >= 0.6 is 11.6 Å². The second kappa shape index (κ2) is 4.29. The maximum Gasteiger partial charge on any atom is 0.138 e. The molecule has 0 aliphatic heterocycles. The first-order valence-corrected chi connectivity index (χ1v) is 4.64. The molecule has 0 spiro atoms. The van der Waals surface area contributed by atoms with Crippen molar-refractivity contribution in [3.63, 3.8) is 0 Å². The van der Waals surface area contributed by atoms with E-state index < -0.39 is 0 Å². The Morgan fingerprint density at radius 2 is 1.86 bits per heavy atom. The average molecular weight is 209 g/mol. The lowest BCUT2D eigenvalue weighted by molar-refractivity contribution is 1.03. The standard InChI is InChI=1S/C11H13ClN2/c1-8(2)14(9(3)4)11-7-5-6-10(12)13-11/h5-7H,1,3H2,2,4H3. The number of aromatic nitrogens is 1. The van der Waals surface area contributed by atoms with Gasteiger partial charge in [0.25, 0.3) is 0 Å². The molecule has 74 valence electrons. The molecule has 0 unspecified atom stereocenters. The SMILES string of the molecule is C=C(C)N(C(=C)C)c1cccc(Cl)n1. The molecule has 0 saturated carbocycles. The van der Waals surface area contributed by atoms with Crippen LogP contribution in [0.5, 0.6) is 0 Å². The summed E-state index contributed by atoms with van der Waals surface area (Å²) in [5, 5.41) is 0.468. The fourth-order valence-electron chi connectivity index (χ4n) is 1.24. The molecule has 0 aliphatic rings. The summed E-state index contributed by atoms with van der Waals surface area (Å²) in [7, 11) is 0. The van der Waals surface area contributed by atoms with Crippen molar-refractivity contribution in [2.24, 2.45) is 0 Å². The summed E-state index contributed by atoms with van der Waals surface area (Å²) < 4.78 is 0. The molecule has 0 N–H and O–H groups in total. The highest BCUT2D eigenvalue weighted by atomic mass is 35.5. The highest BCUT2D eigenvalue weighted by Crippen LogP contribution is 2.21. The fraction of sp³-hybridized carbons (Fsp3) is 0.182. The van der Waals surface area contributed by atoms with Gasteiger partial charge in [0, 0.05) is 11.4 Å². The fourth-order valence-corrected chi connectivity index (χ4v) is 1.40. The van der Waals surface area contributed by atoms with E-state index >= 15 is 0 Å². The van der Waals surface area contributed by atoms with Crippen LogP contribution in [-0.4, -0.2) is 4.98 Å². The number of allylic oxidation sites excluding steroid dienone is 2. The van der Waals surface area contributed by atoms with Gasteiger partial charge in [-0.2, -0.15) is 0 Å². The molecule has 0 atom stereocenters. The molecule has 0 bridgehead atoms. The summed E-state index contributed by atoms with van der Waals surface area (Å²) in [6.45, 7) is 11.5. The number of hydrogen-bond acceptors (Lipinski definition) is 2. The van der Waals surface area contributed by atoms with Gasteiger partial charge >= 0.3 is 0 Å². The van der Waals surface area contributed by atoms with E-state index in [0.29, 0.717) is 5.15 Å². The molecule has 1 aromatic heterocycles. The third-order valence-electron chi connectivity index (χ3n) is 1.69. The molecular formula is C11H13ClN2. The number of hydrogen-bond donors (Lipinski definition) is 0. The second-order valence-electron chi connectivity index (χ2n) is 3.12. The maximum absolute atomic E-state index is 5.80. The third-order valence-corrected chi connectivity index (χ3v) is 1.90. The van der Waals surface area contributed by atoms with E-state index in [0.717, 1.165) is 17.2 Å². The van der Waals surface area contributed by atoms with E-state index in [1.165, 1.54) is 0 Å². The molecule has 14 heavy (non-hydrogen) atoms. The minimum absolute atomic E-state index is 0.468. The van der Waals surface area contributed by atoms with Gasteiger partial charge in [0.05, 0.1) is 0 Å². The first kappa shape index (κ1) is 10.8. The molecule has 0 saturated heterocycles. The smallest absolute Gasteiger partial charge is 0.138 e. The normalized spacial score (nSPS) is 9.64. The van der Waals surface area contributed by atoms with Gasteiger partial charge in [-0.3, -0.25) is 0 Å². The summed E-state index contributed by atoms with van der Waals surface area (Å²) in [6.07, 6.45) is 0. The first-order chi connectivity index (χ1) is 6.52. The minimum Gasteiger partial charge on any atom is -0.304 e. The molecule has 1 heterocycles. The molecule has 0 aromatic carbocycles. The monoisotopic (exact) mass is 208 g/mol. The van der Waals surface area contributed by atoms with Crippen LogP contribution in [0.4, 0.5) is 5.82 Å². The molecule has 1 aromatic rings. The van der Waals surface area contributed by atoms with Gasteiger partial charge < -0.3 is 4.90 Å². The van der Waals surface area contributed by atoms with Gasteiger partial charge in [0.2, 0.25) is 0 Å².